The minimum Gasteiger partial charge on any atom is -0.369 e. The van der Waals surface area contributed by atoms with Gasteiger partial charge in [0, 0.05) is 0 Å². The van der Waals surface area contributed by atoms with Crippen LogP contribution in [0.5, 0.6) is 0 Å². The van der Waals surface area contributed by atoms with Gasteiger partial charge in [0.05, 0.1) is 19.3 Å². The van der Waals surface area contributed by atoms with Crippen molar-refractivity contribution in [2.75, 3.05) is 13.1 Å². The molecular weight excluding hydrogens is 262 g/mol. The predicted octanol–water partition coefficient (Wildman–Crippen LogP) is -2.32. The fourth-order valence-corrected chi connectivity index (χ4v) is 2.58. The second-order valence-electron chi connectivity index (χ2n) is 3.54. The van der Waals surface area contributed by atoms with Crippen molar-refractivity contribution >= 4 is 21.8 Å². The molecule has 0 saturated heterocycles. The van der Waals surface area contributed by atoms with Gasteiger partial charge in [0.15, 0.2) is 5.03 Å². The molecule has 18 heavy (non-hydrogen) atoms. The summed E-state index contributed by atoms with van der Waals surface area (Å²) in [5.74, 6) is -1.40. The molecule has 0 aliphatic rings. The fourth-order valence-electron chi connectivity index (χ4n) is 1.24. The number of aromatic nitrogens is 2. The monoisotopic (exact) mass is 275 g/mol. The minimum atomic E-state index is -4.06. The molecule has 1 rings (SSSR count). The molecule has 0 fully saturated rings. The SMILES string of the molecule is Cc1ncc(S(=O)(=O)N(CC(N)=O)CC(N)=O)[nH]1. The summed E-state index contributed by atoms with van der Waals surface area (Å²) in [6.45, 7) is 0.290. The summed E-state index contributed by atoms with van der Waals surface area (Å²) in [5, 5.41) is -0.234. The van der Waals surface area contributed by atoms with Crippen LogP contribution in [0.1, 0.15) is 5.82 Å². The van der Waals surface area contributed by atoms with Crippen molar-refractivity contribution in [1.29, 1.82) is 0 Å². The van der Waals surface area contributed by atoms with E-state index in [1.165, 1.54) is 0 Å². The van der Waals surface area contributed by atoms with Gasteiger partial charge >= 0.3 is 0 Å². The van der Waals surface area contributed by atoms with Crippen molar-refractivity contribution in [1.82, 2.24) is 14.3 Å². The van der Waals surface area contributed by atoms with Crippen molar-refractivity contribution in [3.63, 3.8) is 0 Å². The Kier molecular flexibility index (Phi) is 4.03. The molecule has 1 heterocycles. The summed E-state index contributed by atoms with van der Waals surface area (Å²) in [6.07, 6.45) is 1.08. The number of nitrogens with two attached hydrogens (primary N) is 2. The zero-order valence-corrected chi connectivity index (χ0v) is 10.4. The van der Waals surface area contributed by atoms with Crippen LogP contribution in [0.3, 0.4) is 0 Å². The van der Waals surface area contributed by atoms with E-state index < -0.39 is 34.9 Å². The van der Waals surface area contributed by atoms with Crippen LogP contribution >= 0.6 is 0 Å². The molecule has 0 unspecified atom stereocenters. The minimum absolute atomic E-state index is 0.234. The molecule has 100 valence electrons. The first-order chi connectivity index (χ1) is 8.23. The largest absolute Gasteiger partial charge is 0.369 e. The first-order valence-electron chi connectivity index (χ1n) is 4.82. The molecule has 2 amide bonds. The topological polar surface area (TPSA) is 152 Å². The lowest BCUT2D eigenvalue weighted by Gasteiger charge is -2.17. The number of sulfonamides is 1. The van der Waals surface area contributed by atoms with Gasteiger partial charge in [-0.25, -0.2) is 13.4 Å². The Morgan fingerprint density at radius 3 is 2.17 bits per heavy atom. The van der Waals surface area contributed by atoms with Gasteiger partial charge in [-0.1, -0.05) is 0 Å². The third-order valence-electron chi connectivity index (χ3n) is 1.96. The third kappa shape index (κ3) is 3.28. The van der Waals surface area contributed by atoms with E-state index >= 15 is 0 Å². The van der Waals surface area contributed by atoms with Crippen LogP contribution in [0, 0.1) is 6.92 Å². The number of nitrogens with zero attached hydrogens (tertiary/aromatic N) is 2. The second-order valence-corrected chi connectivity index (χ2v) is 5.44. The van der Waals surface area contributed by atoms with E-state index in [9.17, 15) is 18.0 Å². The normalized spacial score (nSPS) is 11.7. The molecule has 9 nitrogen and oxygen atoms in total. The number of hydrogen-bond donors (Lipinski definition) is 3. The van der Waals surface area contributed by atoms with Crippen molar-refractivity contribution in [3.05, 3.63) is 12.0 Å². The Morgan fingerprint density at radius 2 is 1.83 bits per heavy atom. The number of imidazole rings is 1. The first kappa shape index (κ1) is 14.1. The molecule has 1 aromatic rings. The summed E-state index contributed by atoms with van der Waals surface area (Å²) in [4.78, 5) is 27.9. The van der Waals surface area contributed by atoms with Crippen LogP contribution in [-0.4, -0.2) is 47.6 Å². The molecule has 0 aromatic carbocycles. The maximum atomic E-state index is 12.1. The summed E-state index contributed by atoms with van der Waals surface area (Å²) < 4.78 is 24.7. The van der Waals surface area contributed by atoms with Gasteiger partial charge in [-0.3, -0.25) is 9.59 Å². The number of aromatic amines is 1. The molecule has 0 saturated carbocycles. The highest BCUT2D eigenvalue weighted by atomic mass is 32.2. The predicted molar refractivity (Wildman–Crippen MR) is 60.5 cm³/mol. The zero-order valence-electron chi connectivity index (χ0n) is 9.58. The van der Waals surface area contributed by atoms with Gasteiger partial charge in [0.2, 0.25) is 11.8 Å². The molecule has 10 heteroatoms. The molecule has 0 aliphatic heterocycles. The van der Waals surface area contributed by atoms with E-state index in [1.54, 1.807) is 6.92 Å². The molecule has 0 bridgehead atoms. The zero-order chi connectivity index (χ0) is 13.9. The van der Waals surface area contributed by atoms with Crippen LogP contribution in [0.2, 0.25) is 0 Å². The van der Waals surface area contributed by atoms with E-state index in [1.807, 2.05) is 0 Å². The number of H-pyrrole nitrogens is 1. The maximum absolute atomic E-state index is 12.1. The highest BCUT2D eigenvalue weighted by molar-refractivity contribution is 7.89. The highest BCUT2D eigenvalue weighted by Gasteiger charge is 2.28. The van der Waals surface area contributed by atoms with Crippen LogP contribution < -0.4 is 11.5 Å². The van der Waals surface area contributed by atoms with E-state index in [0.29, 0.717) is 10.1 Å². The van der Waals surface area contributed by atoms with Crippen molar-refractivity contribution in [2.45, 2.75) is 11.9 Å². The Bertz CT molecular complexity index is 548. The summed E-state index contributed by atoms with van der Waals surface area (Å²) in [7, 11) is -4.06. The van der Waals surface area contributed by atoms with Crippen molar-refractivity contribution in [3.8, 4) is 0 Å². The lowest BCUT2D eigenvalue weighted by molar-refractivity contribution is -0.120. The molecular formula is C8H13N5O4S. The Balaban J connectivity index is 3.10. The van der Waals surface area contributed by atoms with Crippen LogP contribution in [0.15, 0.2) is 11.2 Å². The molecule has 5 N–H and O–H groups in total. The third-order valence-corrected chi connectivity index (χ3v) is 3.66. The fraction of sp³-hybridized carbons (Fsp3) is 0.375. The van der Waals surface area contributed by atoms with Gasteiger partial charge in [0.1, 0.15) is 5.82 Å². The Hall–Kier alpha value is -1.94. The second kappa shape index (κ2) is 5.14. The lowest BCUT2D eigenvalue weighted by atomic mass is 10.5. The molecule has 0 radical (unpaired) electrons. The molecule has 0 aliphatic carbocycles. The first-order valence-corrected chi connectivity index (χ1v) is 6.26. The number of rotatable bonds is 6. The average Bonchev–Trinajstić information content (AvgIpc) is 2.63. The van der Waals surface area contributed by atoms with E-state index in [2.05, 4.69) is 9.97 Å². The lowest BCUT2D eigenvalue weighted by Crippen LogP contribution is -2.43. The van der Waals surface area contributed by atoms with Crippen LogP contribution in [0.25, 0.3) is 0 Å². The van der Waals surface area contributed by atoms with Gasteiger partial charge in [-0.05, 0) is 6.92 Å². The van der Waals surface area contributed by atoms with Gasteiger partial charge in [-0.2, -0.15) is 4.31 Å². The van der Waals surface area contributed by atoms with Crippen LogP contribution in [0.4, 0.5) is 0 Å². The highest BCUT2D eigenvalue weighted by Crippen LogP contribution is 2.12. The number of amides is 2. The average molecular weight is 275 g/mol. The Morgan fingerprint density at radius 1 is 1.33 bits per heavy atom. The van der Waals surface area contributed by atoms with Gasteiger partial charge in [0.25, 0.3) is 10.0 Å². The summed E-state index contributed by atoms with van der Waals surface area (Å²) in [6, 6.07) is 0. The summed E-state index contributed by atoms with van der Waals surface area (Å²) in [5.41, 5.74) is 9.85. The number of carbonyl (C=O) groups excluding carboxylic acids is 2. The maximum Gasteiger partial charge on any atom is 0.261 e. The quantitative estimate of drug-likeness (QED) is 0.532. The summed E-state index contributed by atoms with van der Waals surface area (Å²) >= 11 is 0. The number of hydrogen-bond acceptors (Lipinski definition) is 5. The van der Waals surface area contributed by atoms with Crippen molar-refractivity contribution < 1.29 is 18.0 Å². The number of nitrogens with one attached hydrogen (secondary N) is 1. The molecule has 0 atom stereocenters. The number of carbonyl (C=O) groups is 2. The smallest absolute Gasteiger partial charge is 0.261 e. The van der Waals surface area contributed by atoms with Crippen LogP contribution in [-0.2, 0) is 19.6 Å². The number of aryl methyl sites for hydroxylation is 1. The molecule has 1 aromatic heterocycles. The number of primary amides is 2. The van der Waals surface area contributed by atoms with Gasteiger partial charge in [-0.15, -0.1) is 0 Å². The van der Waals surface area contributed by atoms with E-state index in [4.69, 9.17) is 11.5 Å². The van der Waals surface area contributed by atoms with Gasteiger partial charge < -0.3 is 16.5 Å². The van der Waals surface area contributed by atoms with E-state index in [0.717, 1.165) is 6.20 Å². The standard InChI is InChI=1S/C8H13N5O4S/c1-5-11-2-8(12-5)18(16,17)13(3-6(9)14)4-7(10)15/h2H,3-4H2,1H3,(H2,9,14)(H2,10,15)(H,11,12). The van der Waals surface area contributed by atoms with Crippen molar-refractivity contribution in [2.24, 2.45) is 11.5 Å². The molecule has 0 spiro atoms. The Labute approximate surface area is 103 Å². The van der Waals surface area contributed by atoms with E-state index in [-0.39, 0.29) is 5.03 Å².